The summed E-state index contributed by atoms with van der Waals surface area (Å²) in [6.07, 6.45) is 4.56. The van der Waals surface area contributed by atoms with Gasteiger partial charge < -0.3 is 4.74 Å². The zero-order valence-electron chi connectivity index (χ0n) is 13.3. The summed E-state index contributed by atoms with van der Waals surface area (Å²) in [5, 5.41) is 0. The van der Waals surface area contributed by atoms with Crippen molar-refractivity contribution in [3.05, 3.63) is 65.2 Å². The van der Waals surface area contributed by atoms with Crippen molar-refractivity contribution < 1.29 is 9.13 Å². The lowest BCUT2D eigenvalue weighted by Crippen LogP contribution is -2.02. The van der Waals surface area contributed by atoms with E-state index in [1.165, 1.54) is 6.07 Å². The van der Waals surface area contributed by atoms with E-state index in [-0.39, 0.29) is 5.82 Å². The highest BCUT2D eigenvalue weighted by molar-refractivity contribution is 5.52. The minimum Gasteiger partial charge on any atom is -0.439 e. The van der Waals surface area contributed by atoms with Crippen molar-refractivity contribution in [2.45, 2.75) is 26.2 Å². The van der Waals surface area contributed by atoms with Crippen LogP contribution in [0.4, 0.5) is 4.39 Å². The Bertz CT molecular complexity index is 897. The zero-order valence-corrected chi connectivity index (χ0v) is 13.3. The number of aryl methyl sites for hydroxylation is 2. The summed E-state index contributed by atoms with van der Waals surface area (Å²) >= 11 is 0. The second-order valence-electron chi connectivity index (χ2n) is 5.86. The molecule has 0 bridgehead atoms. The summed E-state index contributed by atoms with van der Waals surface area (Å²) in [7, 11) is 0. The van der Waals surface area contributed by atoms with Gasteiger partial charge in [-0.15, -0.1) is 0 Å². The molecule has 120 valence electrons. The van der Waals surface area contributed by atoms with Crippen molar-refractivity contribution in [3.8, 4) is 23.1 Å². The first-order valence-corrected chi connectivity index (χ1v) is 7.96. The van der Waals surface area contributed by atoms with Crippen LogP contribution in [0.5, 0.6) is 11.6 Å². The van der Waals surface area contributed by atoms with Gasteiger partial charge in [-0.25, -0.2) is 9.37 Å². The largest absolute Gasteiger partial charge is 0.439 e. The van der Waals surface area contributed by atoms with Crippen molar-refractivity contribution in [3.63, 3.8) is 0 Å². The van der Waals surface area contributed by atoms with E-state index in [1.54, 1.807) is 25.3 Å². The molecule has 0 saturated carbocycles. The molecule has 1 aromatic carbocycles. The molecule has 0 fully saturated rings. The number of pyridine rings is 1. The van der Waals surface area contributed by atoms with Gasteiger partial charge in [0.15, 0.2) is 5.82 Å². The fraction of sp³-hybridized carbons (Fsp3) is 0.211. The van der Waals surface area contributed by atoms with E-state index in [0.717, 1.165) is 30.5 Å². The maximum Gasteiger partial charge on any atom is 0.226 e. The number of hydrogen-bond acceptors (Lipinski definition) is 4. The monoisotopic (exact) mass is 321 g/mol. The van der Waals surface area contributed by atoms with Crippen molar-refractivity contribution >= 4 is 0 Å². The van der Waals surface area contributed by atoms with Crippen molar-refractivity contribution in [2.24, 2.45) is 0 Å². The number of nitrogens with zero attached hydrogens (tertiary/aromatic N) is 3. The van der Waals surface area contributed by atoms with Crippen LogP contribution in [0.1, 0.15) is 23.2 Å². The fourth-order valence-electron chi connectivity index (χ4n) is 2.88. The number of halogens is 1. The molecule has 0 N–H and O–H groups in total. The lowest BCUT2D eigenvalue weighted by Gasteiger charge is -2.11. The number of rotatable bonds is 3. The number of ether oxygens (including phenoxy) is 1. The summed E-state index contributed by atoms with van der Waals surface area (Å²) in [5.74, 6) is 1.44. The maximum atomic E-state index is 13.5. The molecule has 0 radical (unpaired) electrons. The zero-order chi connectivity index (χ0) is 16.5. The highest BCUT2D eigenvalue weighted by Crippen LogP contribution is 2.33. The second-order valence-corrected chi connectivity index (χ2v) is 5.86. The molecule has 0 aliphatic heterocycles. The molecule has 0 spiro atoms. The van der Waals surface area contributed by atoms with Crippen LogP contribution in [0.2, 0.25) is 0 Å². The van der Waals surface area contributed by atoms with Crippen LogP contribution in [0.3, 0.4) is 0 Å². The van der Waals surface area contributed by atoms with E-state index >= 15 is 0 Å². The lowest BCUT2D eigenvalue weighted by molar-refractivity contribution is 0.454. The number of benzene rings is 1. The molecule has 5 heteroatoms. The van der Waals surface area contributed by atoms with E-state index in [0.29, 0.717) is 28.7 Å². The molecule has 4 rings (SSSR count). The Morgan fingerprint density at radius 1 is 1.08 bits per heavy atom. The van der Waals surface area contributed by atoms with Gasteiger partial charge in [-0.1, -0.05) is 6.07 Å². The van der Waals surface area contributed by atoms with Gasteiger partial charge in [-0.2, -0.15) is 4.98 Å². The fourth-order valence-corrected chi connectivity index (χ4v) is 2.88. The van der Waals surface area contributed by atoms with Gasteiger partial charge in [0.1, 0.15) is 17.3 Å². The third-order valence-corrected chi connectivity index (χ3v) is 4.13. The van der Waals surface area contributed by atoms with Gasteiger partial charge in [-0.05, 0) is 62.1 Å². The summed E-state index contributed by atoms with van der Waals surface area (Å²) in [6.45, 7) is 1.71. The maximum absolute atomic E-state index is 13.5. The molecule has 2 heterocycles. The minimum atomic E-state index is -0.246. The molecular formula is C19H16FN3O. The average molecular weight is 321 g/mol. The normalized spacial score (nSPS) is 12.9. The molecule has 0 amide bonds. The van der Waals surface area contributed by atoms with E-state index in [1.807, 2.05) is 18.2 Å². The summed E-state index contributed by atoms with van der Waals surface area (Å²) in [6, 6.07) is 10.3. The first-order chi connectivity index (χ1) is 11.7. The molecule has 24 heavy (non-hydrogen) atoms. The molecule has 1 aliphatic rings. The van der Waals surface area contributed by atoms with Crippen LogP contribution in [-0.2, 0) is 12.8 Å². The van der Waals surface area contributed by atoms with Crippen LogP contribution < -0.4 is 4.74 Å². The Balaban J connectivity index is 1.76. The molecule has 3 aromatic rings. The predicted molar refractivity (Wildman–Crippen MR) is 88.5 cm³/mol. The molecule has 4 nitrogen and oxygen atoms in total. The van der Waals surface area contributed by atoms with Crippen LogP contribution in [0, 0.1) is 12.7 Å². The van der Waals surface area contributed by atoms with Gasteiger partial charge >= 0.3 is 0 Å². The number of fused-ring (bicyclic) bond motifs is 1. The van der Waals surface area contributed by atoms with Crippen molar-refractivity contribution in [1.29, 1.82) is 0 Å². The van der Waals surface area contributed by atoms with E-state index in [2.05, 4.69) is 15.0 Å². The van der Waals surface area contributed by atoms with E-state index in [9.17, 15) is 4.39 Å². The van der Waals surface area contributed by atoms with Crippen molar-refractivity contribution in [1.82, 2.24) is 15.0 Å². The van der Waals surface area contributed by atoms with Gasteiger partial charge in [0.25, 0.3) is 0 Å². The first kappa shape index (κ1) is 14.8. The van der Waals surface area contributed by atoms with Gasteiger partial charge in [0, 0.05) is 11.8 Å². The number of hydrogen-bond donors (Lipinski definition) is 0. The Hall–Kier alpha value is -2.82. The van der Waals surface area contributed by atoms with Gasteiger partial charge in [0.05, 0.1) is 5.69 Å². The van der Waals surface area contributed by atoms with E-state index in [4.69, 9.17) is 4.74 Å². The molecule has 2 aromatic heterocycles. The minimum absolute atomic E-state index is 0.246. The first-order valence-electron chi connectivity index (χ1n) is 7.96. The Morgan fingerprint density at radius 3 is 2.79 bits per heavy atom. The Labute approximate surface area is 139 Å². The quantitative estimate of drug-likeness (QED) is 0.723. The lowest BCUT2D eigenvalue weighted by atomic mass is 10.2. The van der Waals surface area contributed by atoms with Crippen LogP contribution in [0.25, 0.3) is 11.5 Å². The molecule has 0 unspecified atom stereocenters. The van der Waals surface area contributed by atoms with Crippen LogP contribution in [-0.4, -0.2) is 15.0 Å². The summed E-state index contributed by atoms with van der Waals surface area (Å²) < 4.78 is 19.4. The van der Waals surface area contributed by atoms with Crippen LogP contribution in [0.15, 0.2) is 42.6 Å². The summed E-state index contributed by atoms with van der Waals surface area (Å²) in [4.78, 5) is 13.5. The molecule has 0 atom stereocenters. The topological polar surface area (TPSA) is 47.9 Å². The van der Waals surface area contributed by atoms with E-state index < -0.39 is 0 Å². The molecule has 0 saturated heterocycles. The third kappa shape index (κ3) is 2.73. The number of aromatic nitrogens is 3. The van der Waals surface area contributed by atoms with Gasteiger partial charge in [0.2, 0.25) is 5.88 Å². The SMILES string of the molecule is Cc1cc(Oc2nc(-c3ccccn3)nc3c2CCC3)ccc1F. The van der Waals surface area contributed by atoms with Gasteiger partial charge in [-0.3, -0.25) is 4.98 Å². The second kappa shape index (κ2) is 6.00. The molecule has 1 aliphatic carbocycles. The smallest absolute Gasteiger partial charge is 0.226 e. The highest BCUT2D eigenvalue weighted by Gasteiger charge is 2.22. The highest BCUT2D eigenvalue weighted by atomic mass is 19.1. The Kier molecular flexibility index (Phi) is 3.69. The van der Waals surface area contributed by atoms with Crippen LogP contribution >= 0.6 is 0 Å². The standard InChI is InChI=1S/C19H16FN3O/c1-12-11-13(8-9-15(12)20)24-19-14-5-4-7-16(14)22-18(23-19)17-6-2-3-10-21-17/h2-3,6,8-11H,4-5,7H2,1H3. The predicted octanol–water partition coefficient (Wildman–Crippen LogP) is 4.27. The van der Waals surface area contributed by atoms with Crippen molar-refractivity contribution in [2.75, 3.05) is 0 Å². The summed E-state index contributed by atoms with van der Waals surface area (Å²) in [5.41, 5.74) is 3.31. The third-order valence-electron chi connectivity index (χ3n) is 4.13. The average Bonchev–Trinajstić information content (AvgIpc) is 3.08. The Morgan fingerprint density at radius 2 is 2.00 bits per heavy atom. The molecular weight excluding hydrogens is 305 g/mol.